The van der Waals surface area contributed by atoms with Gasteiger partial charge in [0.15, 0.2) is 0 Å². The molecule has 136 valence electrons. The van der Waals surface area contributed by atoms with Crippen molar-refractivity contribution in [2.75, 3.05) is 6.61 Å². The molecule has 0 amide bonds. The van der Waals surface area contributed by atoms with Crippen molar-refractivity contribution in [2.24, 2.45) is 5.73 Å². The standard InChI is InChI=1S/C19H27N3O2S/c1-3-4-5-8-13-19(20,23)14-24-17-10-7-6-9-16(17)11-12-18-22-21-15(2)25-18/h6-7,9-12,23H,3-5,8,13-14,20H2,1-2H3. The molecule has 0 saturated heterocycles. The van der Waals surface area contributed by atoms with E-state index in [1.807, 2.05) is 43.3 Å². The van der Waals surface area contributed by atoms with Gasteiger partial charge in [-0.2, -0.15) is 0 Å². The number of nitrogens with zero attached hydrogens (tertiary/aromatic N) is 2. The molecule has 2 rings (SSSR count). The fourth-order valence-corrected chi connectivity index (χ4v) is 3.02. The summed E-state index contributed by atoms with van der Waals surface area (Å²) in [5.41, 5.74) is 5.57. The zero-order valence-electron chi connectivity index (χ0n) is 14.9. The molecule has 6 heteroatoms. The van der Waals surface area contributed by atoms with Crippen LogP contribution in [0.3, 0.4) is 0 Å². The minimum atomic E-state index is -1.30. The number of para-hydroxylation sites is 1. The molecule has 0 spiro atoms. The van der Waals surface area contributed by atoms with Gasteiger partial charge in [0.25, 0.3) is 0 Å². The summed E-state index contributed by atoms with van der Waals surface area (Å²) in [6.45, 7) is 4.15. The van der Waals surface area contributed by atoms with E-state index < -0.39 is 5.72 Å². The van der Waals surface area contributed by atoms with Gasteiger partial charge in [-0.1, -0.05) is 55.7 Å². The van der Waals surface area contributed by atoms with Crippen LogP contribution < -0.4 is 10.5 Å². The van der Waals surface area contributed by atoms with Crippen molar-refractivity contribution in [1.29, 1.82) is 0 Å². The highest BCUT2D eigenvalue weighted by molar-refractivity contribution is 7.12. The molecule has 3 N–H and O–H groups in total. The van der Waals surface area contributed by atoms with E-state index in [0.29, 0.717) is 12.2 Å². The molecule has 1 atom stereocenters. The summed E-state index contributed by atoms with van der Waals surface area (Å²) in [5, 5.41) is 20.1. The Bertz CT molecular complexity index is 683. The number of ether oxygens (including phenoxy) is 1. The molecule has 0 aliphatic rings. The van der Waals surface area contributed by atoms with Gasteiger partial charge in [0.05, 0.1) is 0 Å². The van der Waals surface area contributed by atoms with Crippen molar-refractivity contribution in [3.63, 3.8) is 0 Å². The summed E-state index contributed by atoms with van der Waals surface area (Å²) in [7, 11) is 0. The van der Waals surface area contributed by atoms with Crippen molar-refractivity contribution in [2.45, 2.75) is 51.7 Å². The monoisotopic (exact) mass is 361 g/mol. The van der Waals surface area contributed by atoms with Crippen LogP contribution in [0.1, 0.15) is 54.6 Å². The molecule has 0 aliphatic carbocycles. The Kier molecular flexibility index (Phi) is 7.55. The maximum Gasteiger partial charge on any atom is 0.147 e. The quantitative estimate of drug-likeness (QED) is 0.493. The van der Waals surface area contributed by atoms with Crippen LogP contribution in [-0.4, -0.2) is 27.6 Å². The Labute approximate surface area is 153 Å². The first-order valence-corrected chi connectivity index (χ1v) is 9.53. The molecule has 0 radical (unpaired) electrons. The van der Waals surface area contributed by atoms with Crippen molar-refractivity contribution < 1.29 is 9.84 Å². The van der Waals surface area contributed by atoms with E-state index in [9.17, 15) is 5.11 Å². The number of benzene rings is 1. The van der Waals surface area contributed by atoms with Crippen LogP contribution >= 0.6 is 11.3 Å². The summed E-state index contributed by atoms with van der Waals surface area (Å²) < 4.78 is 5.79. The van der Waals surface area contributed by atoms with Crippen molar-refractivity contribution in [1.82, 2.24) is 10.2 Å². The van der Waals surface area contributed by atoms with Gasteiger partial charge in [-0.05, 0) is 38.0 Å². The highest BCUT2D eigenvalue weighted by atomic mass is 32.1. The fourth-order valence-electron chi connectivity index (χ4n) is 2.42. The molecule has 5 nitrogen and oxygen atoms in total. The third-order valence-electron chi connectivity index (χ3n) is 3.81. The van der Waals surface area contributed by atoms with Crippen LogP contribution in [0.4, 0.5) is 0 Å². The maximum absolute atomic E-state index is 10.3. The molecule has 0 bridgehead atoms. The lowest BCUT2D eigenvalue weighted by atomic mass is 10.1. The number of rotatable bonds is 10. The molecule has 1 aromatic carbocycles. The van der Waals surface area contributed by atoms with Gasteiger partial charge in [-0.3, -0.25) is 0 Å². The Hall–Kier alpha value is -1.76. The van der Waals surface area contributed by atoms with Gasteiger partial charge in [0.2, 0.25) is 0 Å². The summed E-state index contributed by atoms with van der Waals surface area (Å²) in [6.07, 6.45) is 8.69. The molecule has 25 heavy (non-hydrogen) atoms. The third kappa shape index (κ3) is 6.94. The highest BCUT2D eigenvalue weighted by Crippen LogP contribution is 2.23. The zero-order valence-corrected chi connectivity index (χ0v) is 15.8. The maximum atomic E-state index is 10.3. The van der Waals surface area contributed by atoms with Gasteiger partial charge >= 0.3 is 0 Å². The minimum Gasteiger partial charge on any atom is -0.489 e. The molecule has 0 aliphatic heterocycles. The minimum absolute atomic E-state index is 0.0713. The van der Waals surface area contributed by atoms with Gasteiger partial charge in [0.1, 0.15) is 28.1 Å². The summed E-state index contributed by atoms with van der Waals surface area (Å²) >= 11 is 1.53. The second-order valence-electron chi connectivity index (χ2n) is 6.23. The topological polar surface area (TPSA) is 81.3 Å². The van der Waals surface area contributed by atoms with Gasteiger partial charge in [-0.25, -0.2) is 0 Å². The highest BCUT2D eigenvalue weighted by Gasteiger charge is 2.21. The van der Waals surface area contributed by atoms with E-state index in [4.69, 9.17) is 10.5 Å². The molecule has 0 fully saturated rings. The lowest BCUT2D eigenvalue weighted by molar-refractivity contribution is -0.00870. The summed E-state index contributed by atoms with van der Waals surface area (Å²) in [5.74, 6) is 0.692. The van der Waals surface area contributed by atoms with Crippen LogP contribution in [0.2, 0.25) is 0 Å². The van der Waals surface area contributed by atoms with Gasteiger partial charge in [-0.15, -0.1) is 10.2 Å². The van der Waals surface area contributed by atoms with Crippen molar-refractivity contribution in [3.8, 4) is 5.75 Å². The number of nitrogens with two attached hydrogens (primary N) is 1. The van der Waals surface area contributed by atoms with E-state index in [-0.39, 0.29) is 6.61 Å². The number of aromatic nitrogens is 2. The average molecular weight is 362 g/mol. The van der Waals surface area contributed by atoms with Crippen LogP contribution in [-0.2, 0) is 0 Å². The van der Waals surface area contributed by atoms with Crippen LogP contribution in [0.25, 0.3) is 12.2 Å². The molecule has 2 aromatic rings. The Balaban J connectivity index is 1.94. The van der Waals surface area contributed by atoms with Crippen LogP contribution in [0, 0.1) is 6.92 Å². The number of aliphatic hydroxyl groups is 1. The van der Waals surface area contributed by atoms with E-state index in [2.05, 4.69) is 17.1 Å². The zero-order chi connectivity index (χ0) is 18.1. The predicted octanol–water partition coefficient (Wildman–Crippen LogP) is 4.01. The Morgan fingerprint density at radius 3 is 2.72 bits per heavy atom. The first-order valence-electron chi connectivity index (χ1n) is 8.71. The number of hydrogen-bond acceptors (Lipinski definition) is 6. The summed E-state index contributed by atoms with van der Waals surface area (Å²) in [6, 6.07) is 7.67. The lowest BCUT2D eigenvalue weighted by Crippen LogP contribution is -2.45. The Morgan fingerprint density at radius 1 is 1.20 bits per heavy atom. The number of hydrogen-bond donors (Lipinski definition) is 2. The van der Waals surface area contributed by atoms with E-state index in [1.165, 1.54) is 11.3 Å². The average Bonchev–Trinajstić information content (AvgIpc) is 3.01. The molecule has 1 aromatic heterocycles. The SMILES string of the molecule is CCCCCCC(N)(O)COc1ccccc1C=Cc1nnc(C)s1. The number of unbranched alkanes of at least 4 members (excludes halogenated alkanes) is 3. The first kappa shape index (κ1) is 19.6. The lowest BCUT2D eigenvalue weighted by Gasteiger charge is -2.23. The fraction of sp³-hybridized carbons (Fsp3) is 0.474. The second kappa shape index (κ2) is 9.65. The molecule has 0 saturated carbocycles. The van der Waals surface area contributed by atoms with Crippen LogP contribution in [0.5, 0.6) is 5.75 Å². The number of aryl methyl sites for hydroxylation is 1. The van der Waals surface area contributed by atoms with E-state index in [0.717, 1.165) is 41.3 Å². The molecule has 1 heterocycles. The normalized spacial score (nSPS) is 13.9. The molecular weight excluding hydrogens is 334 g/mol. The predicted molar refractivity (Wildman–Crippen MR) is 103 cm³/mol. The van der Waals surface area contributed by atoms with Crippen molar-refractivity contribution >= 4 is 23.5 Å². The summed E-state index contributed by atoms with van der Waals surface area (Å²) in [4.78, 5) is 0. The van der Waals surface area contributed by atoms with Gasteiger partial charge in [0, 0.05) is 5.56 Å². The Morgan fingerprint density at radius 2 is 2.00 bits per heavy atom. The van der Waals surface area contributed by atoms with Crippen LogP contribution in [0.15, 0.2) is 24.3 Å². The molecule has 1 unspecified atom stereocenters. The second-order valence-corrected chi connectivity index (χ2v) is 7.45. The molecular formula is C19H27N3O2S. The first-order chi connectivity index (χ1) is 12.0. The largest absolute Gasteiger partial charge is 0.489 e. The van der Waals surface area contributed by atoms with E-state index >= 15 is 0 Å². The van der Waals surface area contributed by atoms with Crippen molar-refractivity contribution in [3.05, 3.63) is 39.8 Å². The smallest absolute Gasteiger partial charge is 0.147 e. The van der Waals surface area contributed by atoms with E-state index in [1.54, 1.807) is 0 Å². The third-order valence-corrected chi connectivity index (χ3v) is 4.61. The van der Waals surface area contributed by atoms with Gasteiger partial charge < -0.3 is 15.6 Å².